The molecular weight excluding hydrogens is 180 g/mol. The standard InChI is InChI=1S/C10H22N2S/c1-9(2)10-8-11-4-5-12(10)6-7-13-3/h9-11H,4-8H2,1-3H3. The second-order valence-corrected chi connectivity index (χ2v) is 5.03. The van der Waals surface area contributed by atoms with Crippen LogP contribution in [0.2, 0.25) is 0 Å². The summed E-state index contributed by atoms with van der Waals surface area (Å²) in [6, 6.07) is 0.751. The fourth-order valence-electron chi connectivity index (χ4n) is 1.91. The van der Waals surface area contributed by atoms with E-state index in [2.05, 4.69) is 30.3 Å². The van der Waals surface area contributed by atoms with E-state index in [9.17, 15) is 0 Å². The van der Waals surface area contributed by atoms with E-state index in [1.807, 2.05) is 11.8 Å². The molecular formula is C10H22N2S. The molecule has 1 N–H and O–H groups in total. The van der Waals surface area contributed by atoms with Crippen LogP contribution in [0, 0.1) is 5.92 Å². The first-order valence-corrected chi connectivity index (χ1v) is 6.58. The highest BCUT2D eigenvalue weighted by atomic mass is 32.2. The van der Waals surface area contributed by atoms with Crippen molar-refractivity contribution in [3.63, 3.8) is 0 Å². The van der Waals surface area contributed by atoms with Crippen LogP contribution in [0.15, 0.2) is 0 Å². The van der Waals surface area contributed by atoms with E-state index in [1.54, 1.807) is 0 Å². The third kappa shape index (κ3) is 3.49. The lowest BCUT2D eigenvalue weighted by atomic mass is 10.0. The maximum Gasteiger partial charge on any atom is 0.0244 e. The molecule has 1 aliphatic heterocycles. The van der Waals surface area contributed by atoms with Gasteiger partial charge in [-0.05, 0) is 12.2 Å². The summed E-state index contributed by atoms with van der Waals surface area (Å²) in [5, 5.41) is 3.47. The molecule has 0 aliphatic carbocycles. The highest BCUT2D eigenvalue weighted by molar-refractivity contribution is 7.98. The first-order chi connectivity index (χ1) is 6.25. The summed E-state index contributed by atoms with van der Waals surface area (Å²) in [5.41, 5.74) is 0. The van der Waals surface area contributed by atoms with Gasteiger partial charge in [-0.25, -0.2) is 0 Å². The van der Waals surface area contributed by atoms with Crippen LogP contribution in [-0.4, -0.2) is 49.1 Å². The molecule has 0 amide bonds. The van der Waals surface area contributed by atoms with Gasteiger partial charge in [0, 0.05) is 38.0 Å². The van der Waals surface area contributed by atoms with Gasteiger partial charge in [0.1, 0.15) is 0 Å². The van der Waals surface area contributed by atoms with E-state index in [-0.39, 0.29) is 0 Å². The van der Waals surface area contributed by atoms with Crippen LogP contribution in [0.3, 0.4) is 0 Å². The molecule has 1 unspecified atom stereocenters. The maximum atomic E-state index is 3.47. The van der Waals surface area contributed by atoms with Crippen LogP contribution < -0.4 is 5.32 Å². The highest BCUT2D eigenvalue weighted by Crippen LogP contribution is 2.13. The van der Waals surface area contributed by atoms with Crippen molar-refractivity contribution < 1.29 is 0 Å². The minimum Gasteiger partial charge on any atom is -0.314 e. The lowest BCUT2D eigenvalue weighted by molar-refractivity contribution is 0.133. The molecule has 0 bridgehead atoms. The van der Waals surface area contributed by atoms with E-state index >= 15 is 0 Å². The Morgan fingerprint density at radius 3 is 2.92 bits per heavy atom. The number of nitrogens with zero attached hydrogens (tertiary/aromatic N) is 1. The van der Waals surface area contributed by atoms with Crippen molar-refractivity contribution in [2.75, 3.05) is 38.2 Å². The second-order valence-electron chi connectivity index (χ2n) is 4.04. The van der Waals surface area contributed by atoms with Gasteiger partial charge in [-0.1, -0.05) is 13.8 Å². The Kier molecular flexibility index (Phi) is 5.14. The summed E-state index contributed by atoms with van der Waals surface area (Å²) in [6.07, 6.45) is 2.19. The number of hydrogen-bond acceptors (Lipinski definition) is 3. The summed E-state index contributed by atoms with van der Waals surface area (Å²) in [7, 11) is 0. The van der Waals surface area contributed by atoms with Gasteiger partial charge in [0.15, 0.2) is 0 Å². The first kappa shape index (κ1) is 11.3. The van der Waals surface area contributed by atoms with E-state index in [0.29, 0.717) is 0 Å². The lowest BCUT2D eigenvalue weighted by Gasteiger charge is -2.38. The Labute approximate surface area is 86.5 Å². The fourth-order valence-corrected chi connectivity index (χ4v) is 2.33. The topological polar surface area (TPSA) is 15.3 Å². The molecule has 0 aromatic heterocycles. The number of hydrogen-bond donors (Lipinski definition) is 1. The molecule has 78 valence electrons. The third-order valence-electron chi connectivity index (χ3n) is 2.75. The van der Waals surface area contributed by atoms with Gasteiger partial charge in [0.25, 0.3) is 0 Å². The van der Waals surface area contributed by atoms with Crippen molar-refractivity contribution in [1.82, 2.24) is 10.2 Å². The second kappa shape index (κ2) is 5.89. The van der Waals surface area contributed by atoms with E-state index < -0.39 is 0 Å². The minimum absolute atomic E-state index is 0.751. The van der Waals surface area contributed by atoms with Crippen LogP contribution in [0.25, 0.3) is 0 Å². The molecule has 0 radical (unpaired) electrons. The van der Waals surface area contributed by atoms with Gasteiger partial charge in [-0.3, -0.25) is 4.90 Å². The zero-order valence-corrected chi connectivity index (χ0v) is 9.86. The summed E-state index contributed by atoms with van der Waals surface area (Å²) >= 11 is 1.95. The Hall–Kier alpha value is 0.270. The third-order valence-corrected chi connectivity index (χ3v) is 3.34. The molecule has 1 saturated heterocycles. The SMILES string of the molecule is CSCCN1CCNCC1C(C)C. The zero-order chi connectivity index (χ0) is 9.68. The molecule has 0 spiro atoms. The number of piperazine rings is 1. The van der Waals surface area contributed by atoms with Crippen LogP contribution in [0.1, 0.15) is 13.8 Å². The largest absolute Gasteiger partial charge is 0.314 e. The molecule has 0 aromatic rings. The molecule has 0 saturated carbocycles. The van der Waals surface area contributed by atoms with Gasteiger partial charge >= 0.3 is 0 Å². The molecule has 1 rings (SSSR count). The molecule has 2 nitrogen and oxygen atoms in total. The average Bonchev–Trinajstić information content (AvgIpc) is 2.15. The molecule has 1 atom stereocenters. The van der Waals surface area contributed by atoms with Gasteiger partial charge in [-0.2, -0.15) is 11.8 Å². The summed E-state index contributed by atoms with van der Waals surface area (Å²) in [4.78, 5) is 2.64. The zero-order valence-electron chi connectivity index (χ0n) is 9.05. The van der Waals surface area contributed by atoms with Crippen molar-refractivity contribution in [2.24, 2.45) is 5.92 Å². The first-order valence-electron chi connectivity index (χ1n) is 5.19. The van der Waals surface area contributed by atoms with Gasteiger partial charge in [-0.15, -0.1) is 0 Å². The number of nitrogens with one attached hydrogen (secondary N) is 1. The Morgan fingerprint density at radius 1 is 1.54 bits per heavy atom. The van der Waals surface area contributed by atoms with Gasteiger partial charge < -0.3 is 5.32 Å². The molecule has 3 heteroatoms. The number of thioether (sulfide) groups is 1. The Morgan fingerprint density at radius 2 is 2.31 bits per heavy atom. The van der Waals surface area contributed by atoms with Crippen molar-refractivity contribution in [2.45, 2.75) is 19.9 Å². The monoisotopic (exact) mass is 202 g/mol. The van der Waals surface area contributed by atoms with E-state index in [0.717, 1.165) is 18.5 Å². The normalized spacial score (nSPS) is 25.4. The van der Waals surface area contributed by atoms with Gasteiger partial charge in [0.2, 0.25) is 0 Å². The fraction of sp³-hybridized carbons (Fsp3) is 1.00. The van der Waals surface area contributed by atoms with Crippen molar-refractivity contribution in [1.29, 1.82) is 0 Å². The molecule has 1 heterocycles. The molecule has 1 aliphatic rings. The molecule has 1 fully saturated rings. The van der Waals surface area contributed by atoms with Crippen molar-refractivity contribution in [3.05, 3.63) is 0 Å². The highest BCUT2D eigenvalue weighted by Gasteiger charge is 2.23. The Bertz CT molecular complexity index is 139. The summed E-state index contributed by atoms with van der Waals surface area (Å²) < 4.78 is 0. The summed E-state index contributed by atoms with van der Waals surface area (Å²) in [6.45, 7) is 9.46. The minimum atomic E-state index is 0.751. The quantitative estimate of drug-likeness (QED) is 0.739. The maximum absolute atomic E-state index is 3.47. The predicted molar refractivity (Wildman–Crippen MR) is 61.5 cm³/mol. The lowest BCUT2D eigenvalue weighted by Crippen LogP contribution is -2.54. The van der Waals surface area contributed by atoms with Crippen LogP contribution in [-0.2, 0) is 0 Å². The van der Waals surface area contributed by atoms with Gasteiger partial charge in [0.05, 0.1) is 0 Å². The Balaban J connectivity index is 2.37. The van der Waals surface area contributed by atoms with Crippen LogP contribution in [0.4, 0.5) is 0 Å². The predicted octanol–water partition coefficient (Wildman–Crippen LogP) is 1.28. The molecule has 13 heavy (non-hydrogen) atoms. The molecule has 0 aromatic carbocycles. The van der Waals surface area contributed by atoms with E-state index in [4.69, 9.17) is 0 Å². The number of rotatable bonds is 4. The summed E-state index contributed by atoms with van der Waals surface area (Å²) in [5.74, 6) is 2.04. The average molecular weight is 202 g/mol. The van der Waals surface area contributed by atoms with Crippen molar-refractivity contribution in [3.8, 4) is 0 Å². The van der Waals surface area contributed by atoms with Crippen molar-refractivity contribution >= 4 is 11.8 Å². The van der Waals surface area contributed by atoms with E-state index in [1.165, 1.54) is 25.4 Å². The van der Waals surface area contributed by atoms with Crippen LogP contribution in [0.5, 0.6) is 0 Å². The smallest absolute Gasteiger partial charge is 0.0244 e. The van der Waals surface area contributed by atoms with Crippen LogP contribution >= 0.6 is 11.8 Å².